The van der Waals surface area contributed by atoms with Crippen LogP contribution in [0.15, 0.2) is 52.0 Å². The summed E-state index contributed by atoms with van der Waals surface area (Å²) in [7, 11) is -3.77. The van der Waals surface area contributed by atoms with Crippen molar-refractivity contribution in [1.29, 1.82) is 0 Å². The van der Waals surface area contributed by atoms with Crippen molar-refractivity contribution in [2.24, 2.45) is 0 Å². The minimum atomic E-state index is -3.77. The highest BCUT2D eigenvalue weighted by Gasteiger charge is 2.21. The Hall–Kier alpha value is -2.81. The summed E-state index contributed by atoms with van der Waals surface area (Å²) in [6, 6.07) is 10.1. The van der Waals surface area contributed by atoms with Gasteiger partial charge in [0, 0.05) is 6.42 Å². The Bertz CT molecular complexity index is 1000. The highest BCUT2D eigenvalue weighted by molar-refractivity contribution is 7.91. The predicted octanol–water partition coefficient (Wildman–Crippen LogP) is 2.16. The third-order valence-corrected chi connectivity index (χ3v) is 5.07. The Morgan fingerprint density at radius 2 is 1.92 bits per heavy atom. The van der Waals surface area contributed by atoms with Crippen LogP contribution in [-0.4, -0.2) is 30.4 Å². The van der Waals surface area contributed by atoms with E-state index in [1.165, 1.54) is 30.3 Å². The number of carbonyl (C=O) groups is 1. The number of amides is 1. The first-order valence-electron chi connectivity index (χ1n) is 6.96. The van der Waals surface area contributed by atoms with Crippen molar-refractivity contribution >= 4 is 32.5 Å². The molecule has 3 aromatic rings. The Morgan fingerprint density at radius 3 is 2.71 bits per heavy atom. The van der Waals surface area contributed by atoms with Gasteiger partial charge in [-0.1, -0.05) is 18.2 Å². The molecule has 0 unspecified atom stereocenters. The standard InChI is InChI=1S/C15H12FN3O4S/c16-10-4-1-2-5-11(10)17-14(20)8-9-24(21,22)13-7-3-6-12-15(13)19-23-18-12/h1-7H,8-9H2,(H,17,20). The summed E-state index contributed by atoms with van der Waals surface area (Å²) in [5, 5.41) is 9.50. The Balaban J connectivity index is 1.73. The largest absolute Gasteiger partial charge is 0.324 e. The molecule has 0 saturated heterocycles. The van der Waals surface area contributed by atoms with Gasteiger partial charge in [0.25, 0.3) is 0 Å². The normalized spacial score (nSPS) is 11.5. The molecule has 0 aliphatic heterocycles. The van der Waals surface area contributed by atoms with Crippen LogP contribution in [0.4, 0.5) is 10.1 Å². The minimum Gasteiger partial charge on any atom is -0.324 e. The molecule has 0 atom stereocenters. The molecule has 0 aliphatic rings. The monoisotopic (exact) mass is 349 g/mol. The van der Waals surface area contributed by atoms with Crippen molar-refractivity contribution in [2.75, 3.05) is 11.1 Å². The summed E-state index contributed by atoms with van der Waals surface area (Å²) in [6.45, 7) is 0. The van der Waals surface area contributed by atoms with Crippen LogP contribution in [0.3, 0.4) is 0 Å². The second-order valence-electron chi connectivity index (χ2n) is 4.98. The average molecular weight is 349 g/mol. The highest BCUT2D eigenvalue weighted by atomic mass is 32.2. The molecule has 2 aromatic carbocycles. The maximum atomic E-state index is 13.5. The molecule has 0 saturated carbocycles. The van der Waals surface area contributed by atoms with Gasteiger partial charge in [-0.3, -0.25) is 4.79 Å². The maximum Gasteiger partial charge on any atom is 0.225 e. The third kappa shape index (κ3) is 3.25. The molecule has 1 amide bonds. The van der Waals surface area contributed by atoms with Crippen LogP contribution in [0.1, 0.15) is 6.42 Å². The summed E-state index contributed by atoms with van der Waals surface area (Å²) in [5.41, 5.74) is 0.432. The number of aromatic nitrogens is 2. The molecule has 24 heavy (non-hydrogen) atoms. The predicted molar refractivity (Wildman–Crippen MR) is 83.5 cm³/mol. The Kier molecular flexibility index (Phi) is 4.26. The second kappa shape index (κ2) is 6.36. The number of nitrogens with zero attached hydrogens (tertiary/aromatic N) is 2. The molecular formula is C15H12FN3O4S. The van der Waals surface area contributed by atoms with Gasteiger partial charge in [0.2, 0.25) is 5.91 Å². The van der Waals surface area contributed by atoms with E-state index in [0.717, 1.165) is 0 Å². The number of sulfone groups is 1. The molecule has 1 N–H and O–H groups in total. The molecule has 3 rings (SSSR count). The molecular weight excluding hydrogens is 337 g/mol. The van der Waals surface area contributed by atoms with E-state index in [2.05, 4.69) is 20.3 Å². The zero-order valence-corrected chi connectivity index (χ0v) is 13.1. The van der Waals surface area contributed by atoms with Crippen LogP contribution in [-0.2, 0) is 14.6 Å². The van der Waals surface area contributed by atoms with Crippen molar-refractivity contribution < 1.29 is 22.2 Å². The summed E-state index contributed by atoms with van der Waals surface area (Å²) in [6.07, 6.45) is -0.321. The number of nitrogens with one attached hydrogen (secondary N) is 1. The van der Waals surface area contributed by atoms with Gasteiger partial charge in [0.15, 0.2) is 15.4 Å². The van der Waals surface area contributed by atoms with E-state index < -0.39 is 27.3 Å². The summed E-state index contributed by atoms with van der Waals surface area (Å²) >= 11 is 0. The first-order chi connectivity index (χ1) is 11.5. The van der Waals surface area contributed by atoms with E-state index in [1.54, 1.807) is 12.1 Å². The zero-order valence-electron chi connectivity index (χ0n) is 12.3. The first-order valence-corrected chi connectivity index (χ1v) is 8.61. The summed E-state index contributed by atoms with van der Waals surface area (Å²) in [5.74, 6) is -1.64. The van der Waals surface area contributed by atoms with E-state index in [0.29, 0.717) is 5.52 Å². The van der Waals surface area contributed by atoms with E-state index >= 15 is 0 Å². The number of benzene rings is 2. The third-order valence-electron chi connectivity index (χ3n) is 3.33. The Morgan fingerprint density at radius 1 is 1.12 bits per heavy atom. The zero-order chi connectivity index (χ0) is 17.2. The number of halogens is 1. The Labute approximate surface area is 136 Å². The fourth-order valence-corrected chi connectivity index (χ4v) is 3.54. The van der Waals surface area contributed by atoms with Crippen molar-refractivity contribution in [1.82, 2.24) is 10.3 Å². The molecule has 9 heteroatoms. The number of fused-ring (bicyclic) bond motifs is 1. The number of rotatable bonds is 5. The van der Waals surface area contributed by atoms with Crippen LogP contribution in [0, 0.1) is 5.82 Å². The minimum absolute atomic E-state index is 0.00250. The van der Waals surface area contributed by atoms with Crippen molar-refractivity contribution in [3.63, 3.8) is 0 Å². The number of anilines is 1. The highest BCUT2D eigenvalue weighted by Crippen LogP contribution is 2.21. The lowest BCUT2D eigenvalue weighted by Gasteiger charge is -2.07. The van der Waals surface area contributed by atoms with Crippen LogP contribution in [0.5, 0.6) is 0 Å². The van der Waals surface area contributed by atoms with Gasteiger partial charge < -0.3 is 5.32 Å². The fraction of sp³-hybridized carbons (Fsp3) is 0.133. The molecule has 1 heterocycles. The number of hydrogen-bond donors (Lipinski definition) is 1. The fourth-order valence-electron chi connectivity index (χ4n) is 2.14. The SMILES string of the molecule is O=C(CCS(=O)(=O)c1cccc2nonc12)Nc1ccccc1F. The van der Waals surface area contributed by atoms with Crippen molar-refractivity contribution in [3.8, 4) is 0 Å². The summed E-state index contributed by atoms with van der Waals surface area (Å²) in [4.78, 5) is 11.8. The topological polar surface area (TPSA) is 102 Å². The van der Waals surface area contributed by atoms with Crippen LogP contribution < -0.4 is 5.32 Å². The quantitative estimate of drug-likeness (QED) is 0.757. The molecule has 1 aromatic heterocycles. The van der Waals surface area contributed by atoms with Crippen molar-refractivity contribution in [2.45, 2.75) is 11.3 Å². The number of para-hydroxylation sites is 1. The first kappa shape index (κ1) is 16.1. The van der Waals surface area contributed by atoms with Gasteiger partial charge in [0.05, 0.1) is 16.3 Å². The van der Waals surface area contributed by atoms with E-state index in [4.69, 9.17) is 0 Å². The van der Waals surface area contributed by atoms with Gasteiger partial charge in [-0.25, -0.2) is 17.4 Å². The second-order valence-corrected chi connectivity index (χ2v) is 7.06. The molecule has 124 valence electrons. The molecule has 0 aliphatic carbocycles. The average Bonchev–Trinajstić information content (AvgIpc) is 3.03. The number of carbonyl (C=O) groups excluding carboxylic acids is 1. The number of hydrogen-bond acceptors (Lipinski definition) is 6. The lowest BCUT2D eigenvalue weighted by atomic mass is 10.3. The van der Waals surface area contributed by atoms with Gasteiger partial charge in [-0.15, -0.1) is 0 Å². The lowest BCUT2D eigenvalue weighted by Crippen LogP contribution is -2.18. The van der Waals surface area contributed by atoms with Crippen LogP contribution >= 0.6 is 0 Å². The van der Waals surface area contributed by atoms with Gasteiger partial charge in [-0.05, 0) is 34.6 Å². The molecule has 0 fully saturated rings. The molecule has 7 nitrogen and oxygen atoms in total. The van der Waals surface area contributed by atoms with Crippen LogP contribution in [0.25, 0.3) is 11.0 Å². The molecule has 0 bridgehead atoms. The van der Waals surface area contributed by atoms with Gasteiger partial charge >= 0.3 is 0 Å². The van der Waals surface area contributed by atoms with E-state index in [-0.39, 0.29) is 22.5 Å². The van der Waals surface area contributed by atoms with Gasteiger partial charge in [0.1, 0.15) is 11.3 Å². The van der Waals surface area contributed by atoms with E-state index in [1.807, 2.05) is 0 Å². The van der Waals surface area contributed by atoms with Gasteiger partial charge in [-0.2, -0.15) is 0 Å². The van der Waals surface area contributed by atoms with E-state index in [9.17, 15) is 17.6 Å². The molecule has 0 radical (unpaired) electrons. The lowest BCUT2D eigenvalue weighted by molar-refractivity contribution is -0.115. The maximum absolute atomic E-state index is 13.5. The van der Waals surface area contributed by atoms with Crippen molar-refractivity contribution in [3.05, 3.63) is 48.3 Å². The summed E-state index contributed by atoms with van der Waals surface area (Å²) < 4.78 is 42.8. The smallest absolute Gasteiger partial charge is 0.225 e. The van der Waals surface area contributed by atoms with Crippen LogP contribution in [0.2, 0.25) is 0 Å². The molecule has 0 spiro atoms.